The Morgan fingerprint density at radius 2 is 0.494 bits per heavy atom. The Morgan fingerprint density at radius 1 is 0.259 bits per heavy atom. The number of carbonyl (C=O) groups is 3. The lowest BCUT2D eigenvalue weighted by molar-refractivity contribution is -0.166. The normalized spacial score (nSPS) is 13.4. The molecule has 0 saturated heterocycles. The molecule has 81 heavy (non-hydrogen) atoms. The maximum Gasteiger partial charge on any atom is 0.309 e. The highest BCUT2D eigenvalue weighted by Gasteiger charge is 2.19. The van der Waals surface area contributed by atoms with Gasteiger partial charge in [-0.1, -0.05) is 280 Å². The summed E-state index contributed by atoms with van der Waals surface area (Å²) >= 11 is 0. The lowest BCUT2D eigenvalue weighted by Crippen LogP contribution is -2.30. The van der Waals surface area contributed by atoms with Gasteiger partial charge >= 0.3 is 17.9 Å². The van der Waals surface area contributed by atoms with Crippen LogP contribution in [0.1, 0.15) is 252 Å². The first-order chi connectivity index (χ1) is 40.0. The predicted molar refractivity (Wildman–Crippen MR) is 352 cm³/mol. The fourth-order valence-electron chi connectivity index (χ4n) is 8.22. The molecule has 0 aliphatic carbocycles. The van der Waals surface area contributed by atoms with Crippen molar-refractivity contribution >= 4 is 17.9 Å². The molecule has 0 aromatic rings. The Labute approximate surface area is 497 Å². The summed E-state index contributed by atoms with van der Waals surface area (Å²) in [5, 5.41) is 0. The van der Waals surface area contributed by atoms with E-state index in [0.29, 0.717) is 12.8 Å². The van der Waals surface area contributed by atoms with Crippen LogP contribution in [0.4, 0.5) is 0 Å². The Bertz CT molecular complexity index is 1900. The van der Waals surface area contributed by atoms with Gasteiger partial charge in [0.05, 0.1) is 6.42 Å². The molecule has 0 rings (SSSR count). The van der Waals surface area contributed by atoms with Crippen LogP contribution >= 0.6 is 0 Å². The number of hydrogen-bond donors (Lipinski definition) is 0. The van der Waals surface area contributed by atoms with E-state index in [9.17, 15) is 14.4 Å². The molecule has 0 N–H and O–H groups in total. The first-order valence-corrected chi connectivity index (χ1v) is 32.3. The number of ether oxygens (including phenoxy) is 3. The highest BCUT2D eigenvalue weighted by atomic mass is 16.6. The van der Waals surface area contributed by atoms with E-state index in [1.165, 1.54) is 77.0 Å². The van der Waals surface area contributed by atoms with Gasteiger partial charge < -0.3 is 14.2 Å². The summed E-state index contributed by atoms with van der Waals surface area (Å²) in [6.07, 6.45) is 101. The third-order valence-corrected chi connectivity index (χ3v) is 12.9. The van der Waals surface area contributed by atoms with Gasteiger partial charge in [-0.05, 0) is 135 Å². The smallest absolute Gasteiger partial charge is 0.309 e. The fraction of sp³-hybridized carbons (Fsp3) is 0.560. The van der Waals surface area contributed by atoms with Crippen molar-refractivity contribution < 1.29 is 28.6 Å². The minimum atomic E-state index is -0.853. The third-order valence-electron chi connectivity index (χ3n) is 12.9. The van der Waals surface area contributed by atoms with E-state index in [1.807, 2.05) is 6.08 Å². The minimum Gasteiger partial charge on any atom is -0.462 e. The van der Waals surface area contributed by atoms with Crippen LogP contribution in [0.5, 0.6) is 0 Å². The van der Waals surface area contributed by atoms with Gasteiger partial charge in [0.1, 0.15) is 13.2 Å². The lowest BCUT2D eigenvalue weighted by atomic mass is 10.0. The van der Waals surface area contributed by atoms with Crippen molar-refractivity contribution in [1.82, 2.24) is 0 Å². The molecule has 452 valence electrons. The van der Waals surface area contributed by atoms with Crippen molar-refractivity contribution in [3.63, 3.8) is 0 Å². The second kappa shape index (κ2) is 67.0. The van der Waals surface area contributed by atoms with Crippen LogP contribution in [0, 0.1) is 0 Å². The van der Waals surface area contributed by atoms with Crippen molar-refractivity contribution in [1.29, 1.82) is 0 Å². The maximum atomic E-state index is 12.9. The van der Waals surface area contributed by atoms with Crippen LogP contribution in [0.25, 0.3) is 0 Å². The summed E-state index contributed by atoms with van der Waals surface area (Å²) in [6.45, 7) is 6.17. The molecule has 1 unspecified atom stereocenters. The topological polar surface area (TPSA) is 78.9 Å². The van der Waals surface area contributed by atoms with E-state index in [2.05, 4.69) is 191 Å². The number of esters is 3. The van der Waals surface area contributed by atoms with Gasteiger partial charge in [-0.15, -0.1) is 0 Å². The van der Waals surface area contributed by atoms with Crippen LogP contribution in [0.3, 0.4) is 0 Å². The van der Waals surface area contributed by atoms with Gasteiger partial charge in [0.25, 0.3) is 0 Å². The van der Waals surface area contributed by atoms with Crippen LogP contribution < -0.4 is 0 Å². The summed E-state index contributed by atoms with van der Waals surface area (Å²) in [4.78, 5) is 38.3. The lowest BCUT2D eigenvalue weighted by Gasteiger charge is -2.18. The zero-order chi connectivity index (χ0) is 58.5. The van der Waals surface area contributed by atoms with Gasteiger partial charge in [0.15, 0.2) is 6.10 Å². The second-order valence-electron chi connectivity index (χ2n) is 20.5. The Balaban J connectivity index is 4.49. The minimum absolute atomic E-state index is 0.109. The average molecular weight is 1110 g/mol. The first kappa shape index (κ1) is 75.5. The molecule has 6 nitrogen and oxygen atoms in total. The van der Waals surface area contributed by atoms with E-state index in [4.69, 9.17) is 14.2 Å². The monoisotopic (exact) mass is 1110 g/mol. The van der Waals surface area contributed by atoms with Crippen LogP contribution in [-0.4, -0.2) is 37.2 Å². The number of unbranched alkanes of at least 4 members (excludes halogenated alkanes) is 16. The number of allylic oxidation sites excluding steroid dienone is 29. The SMILES string of the molecule is CC/C=C\C/C=C\C/C=C\C/C=C\C/C=C\C/C=C\CCCCC(=O)OC(COC(=O)C/C=C\C/C=C\C/C=C\C/C=C\C/C=C\CC)COC(=O)CCCCCCCCCCCCCCCC/C=C\C/C=C\C/C=C\C/C=C\CC. The summed E-state index contributed by atoms with van der Waals surface area (Å²) in [6, 6.07) is 0. The molecule has 0 aliphatic heterocycles. The molecule has 0 fully saturated rings. The van der Waals surface area contributed by atoms with Crippen LogP contribution in [0.2, 0.25) is 0 Å². The molecular formula is C75H116O6. The zero-order valence-electron chi connectivity index (χ0n) is 51.7. The van der Waals surface area contributed by atoms with Crippen LogP contribution in [-0.2, 0) is 28.6 Å². The largest absolute Gasteiger partial charge is 0.462 e. The quantitative estimate of drug-likeness (QED) is 0.0261. The van der Waals surface area contributed by atoms with E-state index < -0.39 is 12.1 Å². The molecule has 0 saturated carbocycles. The summed E-state index contributed by atoms with van der Waals surface area (Å²) in [7, 11) is 0. The summed E-state index contributed by atoms with van der Waals surface area (Å²) < 4.78 is 16.8. The van der Waals surface area contributed by atoms with E-state index in [1.54, 1.807) is 6.08 Å². The molecule has 0 radical (unpaired) electrons. The standard InChI is InChI=1S/C75H116O6/c1-4-7-10-13-16-19-22-25-28-30-32-34-35-36-37-38-39-41-42-44-47-50-53-56-59-62-65-68-74(77)80-71-72(70-79-73(76)67-64-61-58-55-52-49-46-27-24-21-18-15-12-9-6-3)81-75(78)69-66-63-60-57-54-51-48-45-43-40-33-31-29-26-23-20-17-14-11-8-5-2/h7-12,16-21,25-29,32-34,40,45-46,48,52,54-55,57,61,64,72H,4-6,13-15,22-24,30-31,35-39,41-44,47,49-51,53,56,58-60,62-63,65-71H2,1-3H3/b10-7-,11-8-,12-9-,19-16-,20-17-,21-18-,28-25-,29-26-,34-32-,40-33-,46-27-,48-45-,55-52-,57-54-,64-61-. The average Bonchev–Trinajstić information content (AvgIpc) is 3.47. The Kier molecular flexibility index (Phi) is 62.5. The third kappa shape index (κ3) is 65.2. The zero-order valence-corrected chi connectivity index (χ0v) is 51.7. The predicted octanol–water partition coefficient (Wildman–Crippen LogP) is 22.4. The fourth-order valence-corrected chi connectivity index (χ4v) is 8.22. The Morgan fingerprint density at radius 3 is 0.827 bits per heavy atom. The number of rotatable bonds is 56. The van der Waals surface area contributed by atoms with Gasteiger partial charge in [0, 0.05) is 12.8 Å². The van der Waals surface area contributed by atoms with Gasteiger partial charge in [-0.25, -0.2) is 0 Å². The van der Waals surface area contributed by atoms with Crippen molar-refractivity contribution in [3.05, 3.63) is 182 Å². The van der Waals surface area contributed by atoms with Crippen LogP contribution in [0.15, 0.2) is 182 Å². The summed E-state index contributed by atoms with van der Waals surface area (Å²) in [5.74, 6) is -1.12. The molecule has 0 aromatic carbocycles. The number of hydrogen-bond acceptors (Lipinski definition) is 6. The molecule has 0 spiro atoms. The molecule has 0 heterocycles. The van der Waals surface area contributed by atoms with E-state index in [0.717, 1.165) is 128 Å². The molecule has 1 atom stereocenters. The second-order valence-corrected chi connectivity index (χ2v) is 20.5. The number of carbonyl (C=O) groups excluding carboxylic acids is 3. The Hall–Kier alpha value is -5.49. The van der Waals surface area contributed by atoms with Crippen molar-refractivity contribution in [2.24, 2.45) is 0 Å². The highest BCUT2D eigenvalue weighted by Crippen LogP contribution is 2.15. The van der Waals surface area contributed by atoms with Crippen molar-refractivity contribution in [3.8, 4) is 0 Å². The summed E-state index contributed by atoms with van der Waals surface area (Å²) in [5.41, 5.74) is 0. The van der Waals surface area contributed by atoms with E-state index >= 15 is 0 Å². The van der Waals surface area contributed by atoms with Gasteiger partial charge in [0.2, 0.25) is 0 Å². The van der Waals surface area contributed by atoms with E-state index in [-0.39, 0.29) is 38.0 Å². The van der Waals surface area contributed by atoms with Crippen molar-refractivity contribution in [2.75, 3.05) is 13.2 Å². The molecule has 0 bridgehead atoms. The first-order valence-electron chi connectivity index (χ1n) is 32.3. The van der Waals surface area contributed by atoms with Gasteiger partial charge in [-0.3, -0.25) is 14.4 Å². The molecular weight excluding hydrogens is 997 g/mol. The van der Waals surface area contributed by atoms with Crippen molar-refractivity contribution in [2.45, 2.75) is 258 Å². The maximum absolute atomic E-state index is 12.9. The highest BCUT2D eigenvalue weighted by molar-refractivity contribution is 5.72. The molecule has 0 aromatic heterocycles. The van der Waals surface area contributed by atoms with Gasteiger partial charge in [-0.2, -0.15) is 0 Å². The molecule has 0 amide bonds. The molecule has 6 heteroatoms. The molecule has 0 aliphatic rings.